The van der Waals surface area contributed by atoms with E-state index in [1.54, 1.807) is 0 Å². The van der Waals surface area contributed by atoms with Crippen molar-refractivity contribution in [3.8, 4) is 0 Å². The highest BCUT2D eigenvalue weighted by Crippen LogP contribution is 2.15. The monoisotopic (exact) mass is 813 g/mol. The van der Waals surface area contributed by atoms with Crippen LogP contribution in [0.5, 0.6) is 0 Å². The predicted molar refractivity (Wildman–Crippen MR) is 251 cm³/mol. The van der Waals surface area contributed by atoms with Crippen LogP contribution in [0.15, 0.2) is 48.6 Å². The van der Waals surface area contributed by atoms with Gasteiger partial charge in [-0.2, -0.15) is 0 Å². The van der Waals surface area contributed by atoms with E-state index in [1.807, 2.05) is 0 Å². The second kappa shape index (κ2) is 49.2. The van der Waals surface area contributed by atoms with E-state index in [0.29, 0.717) is 19.4 Å². The number of carbonyl (C=O) groups excluding carboxylic acids is 2. The summed E-state index contributed by atoms with van der Waals surface area (Å²) in [6.45, 7) is 7.72. The maximum Gasteiger partial charge on any atom is 0.306 e. The van der Waals surface area contributed by atoms with Crippen LogP contribution in [-0.2, 0) is 23.8 Å². The van der Waals surface area contributed by atoms with Crippen molar-refractivity contribution in [1.82, 2.24) is 0 Å². The van der Waals surface area contributed by atoms with Crippen molar-refractivity contribution in [3.63, 3.8) is 0 Å². The van der Waals surface area contributed by atoms with Gasteiger partial charge in [0.15, 0.2) is 6.10 Å². The van der Waals surface area contributed by atoms with E-state index in [1.165, 1.54) is 135 Å². The zero-order chi connectivity index (χ0) is 42.1. The molecule has 0 radical (unpaired) electrons. The van der Waals surface area contributed by atoms with Gasteiger partial charge >= 0.3 is 11.9 Å². The zero-order valence-electron chi connectivity index (χ0n) is 38.8. The molecule has 0 bridgehead atoms. The van der Waals surface area contributed by atoms with Gasteiger partial charge in [0.05, 0.1) is 6.61 Å². The summed E-state index contributed by atoms with van der Waals surface area (Å²) in [6.07, 6.45) is 59.7. The van der Waals surface area contributed by atoms with Gasteiger partial charge in [-0.15, -0.1) is 0 Å². The van der Waals surface area contributed by atoms with Crippen molar-refractivity contribution in [2.75, 3.05) is 19.8 Å². The molecule has 0 fully saturated rings. The predicted octanol–water partition coefficient (Wildman–Crippen LogP) is 16.8. The summed E-state index contributed by atoms with van der Waals surface area (Å²) in [6, 6.07) is 0. The van der Waals surface area contributed by atoms with Crippen molar-refractivity contribution in [1.29, 1.82) is 0 Å². The Morgan fingerprint density at radius 2 is 0.776 bits per heavy atom. The Morgan fingerprint density at radius 1 is 0.397 bits per heavy atom. The standard InChI is InChI=1S/C53H96O5/c1-4-7-10-13-16-19-22-24-26-27-29-30-32-34-37-40-43-46-52(54)57-50-51(49-56-48-45-42-39-36-21-18-15-12-9-6-3)58-53(55)47-44-41-38-35-33-31-28-25-23-20-17-14-11-8-5-2/h7,10,16,19,24,26,29-30,51H,4-6,8-9,11-15,17-18,20-23,25,27-28,31-50H2,1-3H3/b10-7-,19-16-,26-24-,30-29-. The first-order valence-electron chi connectivity index (χ1n) is 25.2. The zero-order valence-corrected chi connectivity index (χ0v) is 38.8. The van der Waals surface area contributed by atoms with E-state index in [4.69, 9.17) is 14.2 Å². The number of ether oxygens (including phenoxy) is 3. The van der Waals surface area contributed by atoms with Crippen LogP contribution in [0.2, 0.25) is 0 Å². The minimum Gasteiger partial charge on any atom is -0.462 e. The molecule has 0 amide bonds. The molecule has 0 aromatic heterocycles. The van der Waals surface area contributed by atoms with E-state index >= 15 is 0 Å². The lowest BCUT2D eigenvalue weighted by molar-refractivity contribution is -0.163. The van der Waals surface area contributed by atoms with Gasteiger partial charge in [0.25, 0.3) is 0 Å². The third-order valence-electron chi connectivity index (χ3n) is 10.9. The Morgan fingerprint density at radius 3 is 1.24 bits per heavy atom. The number of hydrogen-bond acceptors (Lipinski definition) is 5. The molecule has 0 aromatic rings. The first-order chi connectivity index (χ1) is 28.6. The van der Waals surface area contributed by atoms with E-state index in [-0.39, 0.29) is 25.2 Å². The van der Waals surface area contributed by atoms with Gasteiger partial charge in [0, 0.05) is 19.4 Å². The Hall–Kier alpha value is -2.14. The average Bonchev–Trinajstić information content (AvgIpc) is 3.22. The number of allylic oxidation sites excluding steroid dienone is 8. The summed E-state index contributed by atoms with van der Waals surface area (Å²) >= 11 is 0. The molecular formula is C53H96O5. The minimum absolute atomic E-state index is 0.0767. The van der Waals surface area contributed by atoms with E-state index in [0.717, 1.165) is 83.5 Å². The van der Waals surface area contributed by atoms with Crippen LogP contribution in [0.1, 0.15) is 252 Å². The molecule has 0 N–H and O–H groups in total. The van der Waals surface area contributed by atoms with Crippen LogP contribution < -0.4 is 0 Å². The third-order valence-corrected chi connectivity index (χ3v) is 10.9. The van der Waals surface area contributed by atoms with Gasteiger partial charge in [0.2, 0.25) is 0 Å². The van der Waals surface area contributed by atoms with Crippen LogP contribution >= 0.6 is 0 Å². The van der Waals surface area contributed by atoms with Gasteiger partial charge in [-0.05, 0) is 57.8 Å². The van der Waals surface area contributed by atoms with Crippen LogP contribution in [0.4, 0.5) is 0 Å². The molecule has 0 aliphatic heterocycles. The average molecular weight is 813 g/mol. The molecule has 1 atom stereocenters. The van der Waals surface area contributed by atoms with Gasteiger partial charge in [0.1, 0.15) is 6.61 Å². The minimum atomic E-state index is -0.540. The van der Waals surface area contributed by atoms with Crippen LogP contribution in [-0.4, -0.2) is 37.9 Å². The smallest absolute Gasteiger partial charge is 0.306 e. The Labute approximate surface area is 361 Å². The molecule has 0 saturated heterocycles. The number of esters is 2. The SMILES string of the molecule is CC/C=C\C/C=C\C/C=C\C/C=C\CCCCCCC(=O)OCC(COCCCCCCCCCCCC)OC(=O)CCCCCCCCCCCCCCCCC. The second-order valence-electron chi connectivity index (χ2n) is 16.7. The number of hydrogen-bond donors (Lipinski definition) is 0. The van der Waals surface area contributed by atoms with Crippen LogP contribution in [0, 0.1) is 0 Å². The van der Waals surface area contributed by atoms with Gasteiger partial charge in [-0.25, -0.2) is 0 Å². The number of carbonyl (C=O) groups is 2. The Kier molecular flexibility index (Phi) is 47.4. The fourth-order valence-corrected chi connectivity index (χ4v) is 7.15. The lowest BCUT2D eigenvalue weighted by Crippen LogP contribution is -2.30. The number of unbranched alkanes of at least 4 members (excludes halogenated alkanes) is 27. The molecule has 58 heavy (non-hydrogen) atoms. The third kappa shape index (κ3) is 46.5. The van der Waals surface area contributed by atoms with E-state index < -0.39 is 6.10 Å². The molecule has 0 heterocycles. The second-order valence-corrected chi connectivity index (χ2v) is 16.7. The lowest BCUT2D eigenvalue weighted by atomic mass is 10.0. The fourth-order valence-electron chi connectivity index (χ4n) is 7.15. The largest absolute Gasteiger partial charge is 0.462 e. The Bertz CT molecular complexity index is 966. The summed E-state index contributed by atoms with van der Waals surface area (Å²) in [5, 5.41) is 0. The fraction of sp³-hybridized carbons (Fsp3) is 0.811. The molecule has 5 heteroatoms. The lowest BCUT2D eigenvalue weighted by Gasteiger charge is -2.18. The molecular weight excluding hydrogens is 717 g/mol. The molecule has 0 spiro atoms. The summed E-state index contributed by atoms with van der Waals surface area (Å²) < 4.78 is 17.4. The molecule has 0 saturated carbocycles. The molecule has 0 aliphatic rings. The van der Waals surface area contributed by atoms with E-state index in [9.17, 15) is 9.59 Å². The highest BCUT2D eigenvalue weighted by Gasteiger charge is 2.17. The van der Waals surface area contributed by atoms with Crippen LogP contribution in [0.3, 0.4) is 0 Å². The summed E-state index contributed by atoms with van der Waals surface area (Å²) in [5.74, 6) is -0.413. The normalized spacial score (nSPS) is 12.5. The highest BCUT2D eigenvalue weighted by molar-refractivity contribution is 5.70. The van der Waals surface area contributed by atoms with Crippen molar-refractivity contribution in [2.45, 2.75) is 258 Å². The van der Waals surface area contributed by atoms with Gasteiger partial charge in [-0.3, -0.25) is 9.59 Å². The van der Waals surface area contributed by atoms with Crippen molar-refractivity contribution in [3.05, 3.63) is 48.6 Å². The summed E-state index contributed by atoms with van der Waals surface area (Å²) in [5.41, 5.74) is 0. The molecule has 5 nitrogen and oxygen atoms in total. The maximum atomic E-state index is 12.8. The summed E-state index contributed by atoms with van der Waals surface area (Å²) in [4.78, 5) is 25.3. The first-order valence-corrected chi connectivity index (χ1v) is 25.2. The van der Waals surface area contributed by atoms with E-state index in [2.05, 4.69) is 69.4 Å². The topological polar surface area (TPSA) is 61.8 Å². The highest BCUT2D eigenvalue weighted by atomic mass is 16.6. The van der Waals surface area contributed by atoms with Crippen LogP contribution in [0.25, 0.3) is 0 Å². The number of rotatable bonds is 46. The molecule has 0 aliphatic carbocycles. The Balaban J connectivity index is 4.24. The maximum absolute atomic E-state index is 12.8. The first kappa shape index (κ1) is 55.9. The molecule has 0 aromatic carbocycles. The summed E-state index contributed by atoms with van der Waals surface area (Å²) in [7, 11) is 0. The van der Waals surface area contributed by atoms with Crippen molar-refractivity contribution in [2.24, 2.45) is 0 Å². The molecule has 1 unspecified atom stereocenters. The van der Waals surface area contributed by atoms with Gasteiger partial charge < -0.3 is 14.2 Å². The van der Waals surface area contributed by atoms with Crippen molar-refractivity contribution >= 4 is 11.9 Å². The van der Waals surface area contributed by atoms with Crippen molar-refractivity contribution < 1.29 is 23.8 Å². The molecule has 0 rings (SSSR count). The van der Waals surface area contributed by atoms with Gasteiger partial charge in [-0.1, -0.05) is 230 Å². The molecule has 338 valence electrons. The quantitative estimate of drug-likeness (QED) is 0.0348.